The maximum atomic E-state index is 13.2. The van der Waals surface area contributed by atoms with Gasteiger partial charge in [-0.1, -0.05) is 6.07 Å². The molecule has 1 N–H and O–H groups in total. The van der Waals surface area contributed by atoms with Crippen molar-refractivity contribution in [3.05, 3.63) is 57.6 Å². The van der Waals surface area contributed by atoms with E-state index < -0.39 is 5.97 Å². The summed E-state index contributed by atoms with van der Waals surface area (Å²) in [5, 5.41) is 9.52. The van der Waals surface area contributed by atoms with Crippen LogP contribution in [-0.2, 0) is 13.1 Å². The second-order valence-electron chi connectivity index (χ2n) is 8.57. The maximum Gasteiger partial charge on any atom is 0.339 e. The van der Waals surface area contributed by atoms with Crippen LogP contribution in [0.2, 0.25) is 0 Å². The fraction of sp³-hybridized carbons (Fsp3) is 0.500. The number of carbonyl (C=O) groups is 1. The molecular weight excluding hydrogens is 368 g/mol. The second kappa shape index (κ2) is 7.30. The molecule has 3 aliphatic heterocycles. The Kier molecular flexibility index (Phi) is 4.62. The highest BCUT2D eigenvalue weighted by molar-refractivity contribution is 5.93. The highest BCUT2D eigenvalue weighted by atomic mass is 16.4. The minimum absolute atomic E-state index is 0.154. The van der Waals surface area contributed by atoms with Crippen LogP contribution in [0.3, 0.4) is 0 Å². The summed E-state index contributed by atoms with van der Waals surface area (Å²) in [5.41, 5.74) is 2.37. The number of hydrogen-bond donors (Lipinski definition) is 1. The van der Waals surface area contributed by atoms with Crippen molar-refractivity contribution in [3.63, 3.8) is 0 Å². The second-order valence-corrected chi connectivity index (χ2v) is 8.57. The van der Waals surface area contributed by atoms with Crippen LogP contribution < -0.4 is 10.5 Å². The number of likely N-dealkylation sites (tertiary alicyclic amines) is 1. The van der Waals surface area contributed by atoms with Gasteiger partial charge in [0.1, 0.15) is 11.4 Å². The van der Waals surface area contributed by atoms with Gasteiger partial charge in [-0.15, -0.1) is 0 Å². The predicted octanol–water partition coefficient (Wildman–Crippen LogP) is 2.16. The molecule has 2 atom stereocenters. The molecule has 3 aliphatic rings. The van der Waals surface area contributed by atoms with Crippen LogP contribution in [0.25, 0.3) is 0 Å². The van der Waals surface area contributed by atoms with Crippen molar-refractivity contribution in [2.24, 2.45) is 5.92 Å². The summed E-state index contributed by atoms with van der Waals surface area (Å²) in [7, 11) is 0. The van der Waals surface area contributed by atoms with Crippen molar-refractivity contribution in [1.29, 1.82) is 0 Å². The summed E-state index contributed by atoms with van der Waals surface area (Å²) in [6.07, 6.45) is 5.13. The zero-order valence-corrected chi connectivity index (χ0v) is 16.5. The van der Waals surface area contributed by atoms with E-state index in [1.54, 1.807) is 18.3 Å². The molecule has 5 rings (SSSR count). The van der Waals surface area contributed by atoms with Gasteiger partial charge in [0.2, 0.25) is 0 Å². The number of piperidine rings is 1. The standard InChI is InChI=1S/C22H26N4O3/c27-21-16(13-24-8-1-2-9-24)5-6-19-17-10-15(12-26(19)21)11-25(14-17)20-18(22(28)29)4-3-7-23-20/h3-7,15,17H,1-2,8-14H2,(H,28,29)/t15-,17+/m0/s1. The lowest BCUT2D eigenvalue weighted by Gasteiger charge is -2.43. The van der Waals surface area contributed by atoms with E-state index in [4.69, 9.17) is 0 Å². The molecule has 152 valence electrons. The minimum Gasteiger partial charge on any atom is -0.478 e. The van der Waals surface area contributed by atoms with E-state index in [0.29, 0.717) is 24.8 Å². The summed E-state index contributed by atoms with van der Waals surface area (Å²) < 4.78 is 1.98. The Hall–Kier alpha value is -2.67. The number of nitrogens with zero attached hydrogens (tertiary/aromatic N) is 4. The molecule has 29 heavy (non-hydrogen) atoms. The van der Waals surface area contributed by atoms with Crippen LogP contribution in [0.4, 0.5) is 5.82 Å². The van der Waals surface area contributed by atoms with Gasteiger partial charge in [-0.3, -0.25) is 9.69 Å². The molecule has 2 bridgehead atoms. The van der Waals surface area contributed by atoms with E-state index >= 15 is 0 Å². The number of hydrogen-bond acceptors (Lipinski definition) is 5. The van der Waals surface area contributed by atoms with E-state index in [1.165, 1.54) is 12.8 Å². The third-order valence-electron chi connectivity index (χ3n) is 6.59. The molecule has 2 saturated heterocycles. The molecule has 0 unspecified atom stereocenters. The van der Waals surface area contributed by atoms with Gasteiger partial charge in [0.05, 0.1) is 0 Å². The van der Waals surface area contributed by atoms with Gasteiger partial charge in [-0.05, 0) is 56.5 Å². The highest BCUT2D eigenvalue weighted by Gasteiger charge is 2.36. The summed E-state index contributed by atoms with van der Waals surface area (Å²) in [6.45, 7) is 5.03. The van der Waals surface area contributed by atoms with Crippen LogP contribution in [0.15, 0.2) is 35.3 Å². The van der Waals surface area contributed by atoms with Crippen molar-refractivity contribution in [3.8, 4) is 0 Å². The number of anilines is 1. The molecule has 7 heteroatoms. The monoisotopic (exact) mass is 394 g/mol. The molecule has 0 aliphatic carbocycles. The van der Waals surface area contributed by atoms with Crippen molar-refractivity contribution in [1.82, 2.24) is 14.5 Å². The Morgan fingerprint density at radius 1 is 1.14 bits per heavy atom. The summed E-state index contributed by atoms with van der Waals surface area (Å²) >= 11 is 0. The average molecular weight is 394 g/mol. The Bertz CT molecular complexity index is 996. The lowest BCUT2D eigenvalue weighted by atomic mass is 9.82. The Balaban J connectivity index is 1.43. The molecular formula is C22H26N4O3. The van der Waals surface area contributed by atoms with Crippen molar-refractivity contribution in [2.75, 3.05) is 31.1 Å². The largest absolute Gasteiger partial charge is 0.478 e. The van der Waals surface area contributed by atoms with Crippen molar-refractivity contribution >= 4 is 11.8 Å². The minimum atomic E-state index is -0.952. The van der Waals surface area contributed by atoms with Gasteiger partial charge in [0.25, 0.3) is 5.56 Å². The molecule has 2 aromatic heterocycles. The lowest BCUT2D eigenvalue weighted by Crippen LogP contribution is -2.48. The molecule has 0 spiro atoms. The van der Waals surface area contributed by atoms with E-state index in [2.05, 4.69) is 20.9 Å². The molecule has 0 aromatic carbocycles. The van der Waals surface area contributed by atoms with E-state index in [9.17, 15) is 14.7 Å². The molecule has 7 nitrogen and oxygen atoms in total. The number of aromatic carboxylic acids is 1. The van der Waals surface area contributed by atoms with E-state index in [-0.39, 0.29) is 17.0 Å². The highest BCUT2D eigenvalue weighted by Crippen LogP contribution is 2.37. The fourth-order valence-electron chi connectivity index (χ4n) is 5.28. The van der Waals surface area contributed by atoms with Gasteiger partial charge in [0, 0.05) is 49.6 Å². The third kappa shape index (κ3) is 3.33. The van der Waals surface area contributed by atoms with Gasteiger partial charge < -0.3 is 14.6 Å². The first-order valence-corrected chi connectivity index (χ1v) is 10.5. The molecule has 2 aromatic rings. The smallest absolute Gasteiger partial charge is 0.339 e. The number of carboxylic acids is 1. The van der Waals surface area contributed by atoms with Crippen LogP contribution in [-0.4, -0.2) is 51.7 Å². The topological polar surface area (TPSA) is 78.7 Å². The van der Waals surface area contributed by atoms with Gasteiger partial charge >= 0.3 is 5.97 Å². The van der Waals surface area contributed by atoms with Crippen molar-refractivity contribution < 1.29 is 9.90 Å². The first-order chi connectivity index (χ1) is 14.1. The van der Waals surface area contributed by atoms with Gasteiger partial charge in [-0.2, -0.15) is 0 Å². The van der Waals surface area contributed by atoms with Crippen molar-refractivity contribution in [2.45, 2.75) is 38.3 Å². The summed E-state index contributed by atoms with van der Waals surface area (Å²) in [4.78, 5) is 33.6. The van der Waals surface area contributed by atoms with Gasteiger partial charge in [0.15, 0.2) is 0 Å². The Morgan fingerprint density at radius 3 is 2.76 bits per heavy atom. The molecule has 0 radical (unpaired) electrons. The molecule has 0 amide bonds. The fourth-order valence-corrected chi connectivity index (χ4v) is 5.28. The van der Waals surface area contributed by atoms with Gasteiger partial charge in [-0.25, -0.2) is 9.78 Å². The van der Waals surface area contributed by atoms with Crippen LogP contribution in [0.5, 0.6) is 0 Å². The average Bonchev–Trinajstić information content (AvgIpc) is 3.23. The zero-order valence-electron chi connectivity index (χ0n) is 16.5. The number of pyridine rings is 2. The Labute approximate surface area is 169 Å². The molecule has 2 fully saturated rings. The number of fused-ring (bicyclic) bond motifs is 4. The number of rotatable bonds is 4. The summed E-state index contributed by atoms with van der Waals surface area (Å²) in [6, 6.07) is 7.40. The predicted molar refractivity (Wildman–Crippen MR) is 109 cm³/mol. The first kappa shape index (κ1) is 18.4. The Morgan fingerprint density at radius 2 is 1.97 bits per heavy atom. The number of carboxylic acid groups (broad SMARTS) is 1. The first-order valence-electron chi connectivity index (χ1n) is 10.5. The van der Waals surface area contributed by atoms with E-state index in [0.717, 1.165) is 43.9 Å². The summed E-state index contributed by atoms with van der Waals surface area (Å²) in [5.74, 6) is 0.132. The quantitative estimate of drug-likeness (QED) is 0.856. The van der Waals surface area contributed by atoms with E-state index in [1.807, 2.05) is 10.6 Å². The van der Waals surface area contributed by atoms with Crippen LogP contribution in [0.1, 0.15) is 46.8 Å². The number of aromatic nitrogens is 2. The molecule has 5 heterocycles. The van der Waals surface area contributed by atoms with Crippen LogP contribution in [0, 0.1) is 5.92 Å². The van der Waals surface area contributed by atoms with Crippen LogP contribution >= 0.6 is 0 Å². The lowest BCUT2D eigenvalue weighted by molar-refractivity contribution is 0.0697. The zero-order chi connectivity index (χ0) is 20.0. The maximum absolute atomic E-state index is 13.2. The SMILES string of the molecule is O=C(O)c1cccnc1N1C[C@@H]2C[C@H](C1)c1ccc(CN3CCCC3)c(=O)n1C2. The molecule has 0 saturated carbocycles. The third-order valence-corrected chi connectivity index (χ3v) is 6.59. The normalized spacial score (nSPS) is 23.8.